The predicted molar refractivity (Wildman–Crippen MR) is 103 cm³/mol. The molecule has 140 valence electrons. The lowest BCUT2D eigenvalue weighted by Crippen LogP contribution is -2.28. The van der Waals surface area contributed by atoms with Gasteiger partial charge in [0.25, 0.3) is 5.91 Å². The van der Waals surface area contributed by atoms with Crippen LogP contribution in [0.15, 0.2) is 60.9 Å². The van der Waals surface area contributed by atoms with Gasteiger partial charge in [0.05, 0.1) is 11.3 Å². The smallest absolute Gasteiger partial charge is 0.253 e. The topological polar surface area (TPSA) is 48.1 Å². The van der Waals surface area contributed by atoms with Crippen molar-refractivity contribution in [2.45, 2.75) is 6.42 Å². The minimum atomic E-state index is -0.320. The Morgan fingerprint density at radius 1 is 1.07 bits per heavy atom. The van der Waals surface area contributed by atoms with Crippen molar-refractivity contribution in [3.05, 3.63) is 78.1 Å². The molecule has 0 spiro atoms. The first-order valence-corrected chi connectivity index (χ1v) is 8.73. The molecule has 0 saturated heterocycles. The molecule has 27 heavy (non-hydrogen) atoms. The summed E-state index contributed by atoms with van der Waals surface area (Å²) in [7, 11) is 1.82. The van der Waals surface area contributed by atoms with Gasteiger partial charge in [-0.15, -0.1) is 0 Å². The molecule has 4 nitrogen and oxygen atoms in total. The Morgan fingerprint density at radius 3 is 2.56 bits per heavy atom. The maximum atomic E-state index is 13.8. The molecule has 2 N–H and O–H groups in total. The predicted octanol–water partition coefficient (Wildman–Crippen LogP) is 4.22. The van der Waals surface area contributed by atoms with Crippen molar-refractivity contribution in [3.63, 3.8) is 0 Å². The van der Waals surface area contributed by atoms with Crippen LogP contribution in [0.1, 0.15) is 16.8 Å². The van der Waals surface area contributed by atoms with E-state index >= 15 is 0 Å². The van der Waals surface area contributed by atoms with Crippen LogP contribution in [-0.2, 0) is 0 Å². The number of anilines is 1. The van der Waals surface area contributed by atoms with Crippen LogP contribution in [0.4, 0.5) is 14.5 Å². The average Bonchev–Trinajstić information content (AvgIpc) is 3.16. The highest BCUT2D eigenvalue weighted by molar-refractivity contribution is 6.00. The zero-order chi connectivity index (χ0) is 19.2. The first-order chi connectivity index (χ1) is 13.1. The molecule has 0 radical (unpaired) electrons. The van der Waals surface area contributed by atoms with E-state index in [4.69, 9.17) is 0 Å². The summed E-state index contributed by atoms with van der Waals surface area (Å²) in [6.45, 7) is 1.07. The molecule has 0 aliphatic rings. The highest BCUT2D eigenvalue weighted by atomic mass is 19.1. The number of carbonyl (C=O) groups is 1. The van der Waals surface area contributed by atoms with Gasteiger partial charge in [0.15, 0.2) is 0 Å². The first kappa shape index (κ1) is 18.6. The number of nitrogens with zero attached hydrogens (tertiary/aromatic N) is 1. The summed E-state index contributed by atoms with van der Waals surface area (Å²) in [5, 5.41) is 2.87. The number of rotatable bonds is 7. The SMILES string of the molecule is CN(CCCNC(=O)c1c[nH]cc1-c1ccc(F)cc1)c1ccccc1F. The fraction of sp³-hybridized carbons (Fsp3) is 0.190. The van der Waals surface area contributed by atoms with Crippen molar-refractivity contribution in [1.29, 1.82) is 0 Å². The molecule has 1 amide bonds. The van der Waals surface area contributed by atoms with Gasteiger partial charge in [-0.25, -0.2) is 8.78 Å². The lowest BCUT2D eigenvalue weighted by Gasteiger charge is -2.19. The number of amides is 1. The molecule has 3 rings (SSSR count). The fourth-order valence-electron chi connectivity index (χ4n) is 2.92. The van der Waals surface area contributed by atoms with Gasteiger partial charge < -0.3 is 15.2 Å². The van der Waals surface area contributed by atoms with Crippen LogP contribution in [0.2, 0.25) is 0 Å². The van der Waals surface area contributed by atoms with Crippen molar-refractivity contribution < 1.29 is 13.6 Å². The van der Waals surface area contributed by atoms with E-state index in [-0.39, 0.29) is 17.5 Å². The largest absolute Gasteiger partial charge is 0.372 e. The molecule has 0 aliphatic carbocycles. The van der Waals surface area contributed by atoms with Crippen molar-refractivity contribution >= 4 is 11.6 Å². The van der Waals surface area contributed by atoms with E-state index < -0.39 is 0 Å². The number of H-pyrrole nitrogens is 1. The molecule has 6 heteroatoms. The van der Waals surface area contributed by atoms with Gasteiger partial charge in [-0.3, -0.25) is 4.79 Å². The van der Waals surface area contributed by atoms with E-state index in [9.17, 15) is 13.6 Å². The molecule has 0 atom stereocenters. The van der Waals surface area contributed by atoms with Gasteiger partial charge >= 0.3 is 0 Å². The highest BCUT2D eigenvalue weighted by Gasteiger charge is 2.14. The van der Waals surface area contributed by atoms with Crippen molar-refractivity contribution in [2.75, 3.05) is 25.0 Å². The second kappa shape index (κ2) is 8.49. The Bertz CT molecular complexity index is 906. The second-order valence-corrected chi connectivity index (χ2v) is 6.27. The standard InChI is InChI=1S/C21H21F2N3O/c1-26(20-6-3-2-5-19(20)23)12-4-11-25-21(27)18-14-24-13-17(18)15-7-9-16(22)10-8-15/h2-3,5-10,13-14,24H,4,11-12H2,1H3,(H,25,27). The van der Waals surface area contributed by atoms with Crippen LogP contribution in [-0.4, -0.2) is 31.0 Å². The molecule has 0 bridgehead atoms. The zero-order valence-corrected chi connectivity index (χ0v) is 15.0. The minimum Gasteiger partial charge on any atom is -0.372 e. The normalized spacial score (nSPS) is 10.6. The number of hydrogen-bond donors (Lipinski definition) is 2. The third kappa shape index (κ3) is 4.53. The molecule has 1 aromatic heterocycles. The van der Waals surface area contributed by atoms with Gasteiger partial charge in [0.2, 0.25) is 0 Å². The first-order valence-electron chi connectivity index (χ1n) is 8.73. The molecule has 3 aromatic rings. The monoisotopic (exact) mass is 369 g/mol. The lowest BCUT2D eigenvalue weighted by molar-refractivity contribution is 0.0954. The van der Waals surface area contributed by atoms with Crippen LogP contribution < -0.4 is 10.2 Å². The number of hydrogen-bond acceptors (Lipinski definition) is 2. The van der Waals surface area contributed by atoms with E-state index in [2.05, 4.69) is 10.3 Å². The summed E-state index contributed by atoms with van der Waals surface area (Å²) in [6, 6.07) is 12.6. The summed E-state index contributed by atoms with van der Waals surface area (Å²) in [5.41, 5.74) is 2.52. The van der Waals surface area contributed by atoms with E-state index in [0.29, 0.717) is 30.8 Å². The van der Waals surface area contributed by atoms with E-state index in [0.717, 1.165) is 11.1 Å². The van der Waals surface area contributed by atoms with Crippen LogP contribution in [0, 0.1) is 11.6 Å². The molecule has 2 aromatic carbocycles. The molecule has 0 fully saturated rings. The summed E-state index contributed by atoms with van der Waals surface area (Å²) < 4.78 is 26.8. The number of aromatic amines is 1. The van der Waals surface area contributed by atoms with Gasteiger partial charge in [-0.05, 0) is 36.2 Å². The summed E-state index contributed by atoms with van der Waals surface area (Å²) >= 11 is 0. The Morgan fingerprint density at radius 2 is 1.81 bits per heavy atom. The van der Waals surface area contributed by atoms with Crippen LogP contribution >= 0.6 is 0 Å². The summed E-state index contributed by atoms with van der Waals surface area (Å²) in [6.07, 6.45) is 4.01. The van der Waals surface area contributed by atoms with E-state index in [1.807, 2.05) is 11.9 Å². The van der Waals surface area contributed by atoms with Crippen molar-refractivity contribution in [1.82, 2.24) is 10.3 Å². The molecular formula is C21H21F2N3O. The Kier molecular flexibility index (Phi) is 5.86. The average molecular weight is 369 g/mol. The third-order valence-electron chi connectivity index (χ3n) is 4.36. The highest BCUT2D eigenvalue weighted by Crippen LogP contribution is 2.23. The quantitative estimate of drug-likeness (QED) is 0.613. The molecule has 0 saturated carbocycles. The summed E-state index contributed by atoms with van der Waals surface area (Å²) in [5.74, 6) is -0.788. The van der Waals surface area contributed by atoms with E-state index in [1.165, 1.54) is 18.2 Å². The van der Waals surface area contributed by atoms with Crippen molar-refractivity contribution in [3.8, 4) is 11.1 Å². The lowest BCUT2D eigenvalue weighted by atomic mass is 10.0. The zero-order valence-electron chi connectivity index (χ0n) is 15.0. The van der Waals surface area contributed by atoms with Gasteiger partial charge in [-0.1, -0.05) is 24.3 Å². The Hall–Kier alpha value is -3.15. The third-order valence-corrected chi connectivity index (χ3v) is 4.36. The van der Waals surface area contributed by atoms with Crippen LogP contribution in [0.5, 0.6) is 0 Å². The summed E-state index contributed by atoms with van der Waals surface area (Å²) in [4.78, 5) is 17.2. The minimum absolute atomic E-state index is 0.205. The second-order valence-electron chi connectivity index (χ2n) is 6.27. The molecule has 1 heterocycles. The maximum Gasteiger partial charge on any atom is 0.253 e. The molecule has 0 unspecified atom stereocenters. The molecule has 0 aliphatic heterocycles. The number of para-hydroxylation sites is 1. The number of carbonyl (C=O) groups excluding carboxylic acids is 1. The fourth-order valence-corrected chi connectivity index (χ4v) is 2.92. The van der Waals surface area contributed by atoms with Gasteiger partial charge in [0, 0.05) is 38.1 Å². The van der Waals surface area contributed by atoms with Gasteiger partial charge in [0.1, 0.15) is 11.6 Å². The number of aromatic nitrogens is 1. The Labute approximate surface area is 156 Å². The van der Waals surface area contributed by atoms with Crippen LogP contribution in [0.3, 0.4) is 0 Å². The number of nitrogens with one attached hydrogen (secondary N) is 2. The number of benzene rings is 2. The Balaban J connectivity index is 1.54. The van der Waals surface area contributed by atoms with Gasteiger partial charge in [-0.2, -0.15) is 0 Å². The maximum absolute atomic E-state index is 13.8. The molecular weight excluding hydrogens is 348 g/mol. The number of halogens is 2. The van der Waals surface area contributed by atoms with Crippen molar-refractivity contribution in [2.24, 2.45) is 0 Å². The van der Waals surface area contributed by atoms with Crippen LogP contribution in [0.25, 0.3) is 11.1 Å². The van der Waals surface area contributed by atoms with E-state index in [1.54, 1.807) is 42.7 Å².